The van der Waals surface area contributed by atoms with Gasteiger partial charge in [0, 0.05) is 12.7 Å². The Labute approximate surface area is 94.0 Å². The zero-order chi connectivity index (χ0) is 10.7. The Morgan fingerprint density at radius 2 is 2.47 bits per heavy atom. The number of hydrogen-bond donors (Lipinski definition) is 2. The molecule has 1 saturated heterocycles. The Morgan fingerprint density at radius 1 is 1.60 bits per heavy atom. The van der Waals surface area contributed by atoms with E-state index in [2.05, 4.69) is 22.4 Å². The van der Waals surface area contributed by atoms with Gasteiger partial charge in [-0.25, -0.2) is 5.43 Å². The van der Waals surface area contributed by atoms with E-state index in [1.54, 1.807) is 6.20 Å². The zero-order valence-electron chi connectivity index (χ0n) is 8.18. The highest BCUT2D eigenvalue weighted by Gasteiger charge is 2.28. The number of aromatic nitrogens is 1. The molecule has 0 unspecified atom stereocenters. The number of pyridine rings is 1. The van der Waals surface area contributed by atoms with Crippen LogP contribution in [0.4, 0.5) is 0 Å². The minimum absolute atomic E-state index is 0.0169. The molecule has 1 aromatic rings. The van der Waals surface area contributed by atoms with E-state index in [-0.39, 0.29) is 6.17 Å². The minimum Gasteiger partial charge on any atom is -0.322 e. The summed E-state index contributed by atoms with van der Waals surface area (Å²) < 4.78 is 0. The van der Waals surface area contributed by atoms with Gasteiger partial charge in [-0.1, -0.05) is 12.1 Å². The van der Waals surface area contributed by atoms with Crippen molar-refractivity contribution in [3.63, 3.8) is 0 Å². The largest absolute Gasteiger partial charge is 0.322 e. The second-order valence-corrected chi connectivity index (χ2v) is 3.56. The van der Waals surface area contributed by atoms with Gasteiger partial charge in [0.15, 0.2) is 5.11 Å². The summed E-state index contributed by atoms with van der Waals surface area (Å²) in [6.45, 7) is 4.40. The summed E-state index contributed by atoms with van der Waals surface area (Å²) in [5, 5.41) is 0.672. The van der Waals surface area contributed by atoms with Crippen molar-refractivity contribution in [1.82, 2.24) is 20.7 Å². The molecule has 78 valence electrons. The fraction of sp³-hybridized carbons (Fsp3) is 0.200. The van der Waals surface area contributed by atoms with Crippen LogP contribution < -0.4 is 10.9 Å². The predicted molar refractivity (Wildman–Crippen MR) is 62.8 cm³/mol. The van der Waals surface area contributed by atoms with Crippen molar-refractivity contribution in [2.45, 2.75) is 6.17 Å². The van der Waals surface area contributed by atoms with E-state index in [0.29, 0.717) is 11.7 Å². The van der Waals surface area contributed by atoms with E-state index in [0.717, 1.165) is 5.69 Å². The highest BCUT2D eigenvalue weighted by Crippen LogP contribution is 2.18. The van der Waals surface area contributed by atoms with Crippen LogP contribution in [-0.2, 0) is 0 Å². The van der Waals surface area contributed by atoms with E-state index in [9.17, 15) is 0 Å². The number of nitrogens with one attached hydrogen (secondary N) is 2. The average molecular weight is 220 g/mol. The van der Waals surface area contributed by atoms with Crippen LogP contribution in [-0.4, -0.2) is 21.5 Å². The summed E-state index contributed by atoms with van der Waals surface area (Å²) in [4.78, 5) is 6.28. The van der Waals surface area contributed by atoms with Crippen molar-refractivity contribution in [3.05, 3.63) is 42.7 Å². The van der Waals surface area contributed by atoms with E-state index < -0.39 is 0 Å². The highest BCUT2D eigenvalue weighted by atomic mass is 32.1. The maximum absolute atomic E-state index is 5.16. The Kier molecular flexibility index (Phi) is 2.94. The third kappa shape index (κ3) is 1.98. The standard InChI is InChI=1S/C10H12N4S/c1-2-7-14-9(12-13-10(14)15)8-5-3-4-6-11-8/h2-6,9,12H,1,7H2,(H,13,15)/t9-/m1/s1. The molecule has 1 atom stereocenters. The van der Waals surface area contributed by atoms with Crippen molar-refractivity contribution >= 4 is 17.3 Å². The Hall–Kier alpha value is -1.46. The lowest BCUT2D eigenvalue weighted by Gasteiger charge is -2.21. The van der Waals surface area contributed by atoms with Gasteiger partial charge in [0.25, 0.3) is 0 Å². The molecule has 4 nitrogen and oxygen atoms in total. The molecule has 0 amide bonds. The molecule has 2 rings (SSSR count). The number of thiocarbonyl (C=S) groups is 1. The number of hydrogen-bond acceptors (Lipinski definition) is 3. The van der Waals surface area contributed by atoms with Crippen LogP contribution in [0.25, 0.3) is 0 Å². The maximum Gasteiger partial charge on any atom is 0.185 e. The first kappa shape index (κ1) is 10.1. The van der Waals surface area contributed by atoms with Gasteiger partial charge in [0.2, 0.25) is 0 Å². The third-order valence-electron chi connectivity index (χ3n) is 2.18. The van der Waals surface area contributed by atoms with Crippen molar-refractivity contribution in [2.24, 2.45) is 0 Å². The van der Waals surface area contributed by atoms with Gasteiger partial charge in [-0.3, -0.25) is 10.4 Å². The van der Waals surface area contributed by atoms with Crippen LogP contribution in [0, 0.1) is 0 Å². The summed E-state index contributed by atoms with van der Waals surface area (Å²) in [7, 11) is 0. The van der Waals surface area contributed by atoms with Crippen LogP contribution in [0.15, 0.2) is 37.1 Å². The first-order valence-corrected chi connectivity index (χ1v) is 5.07. The van der Waals surface area contributed by atoms with E-state index in [4.69, 9.17) is 12.2 Å². The van der Waals surface area contributed by atoms with Crippen LogP contribution in [0.2, 0.25) is 0 Å². The Morgan fingerprint density at radius 3 is 3.13 bits per heavy atom. The van der Waals surface area contributed by atoms with Crippen LogP contribution in [0.5, 0.6) is 0 Å². The van der Waals surface area contributed by atoms with Gasteiger partial charge in [-0.05, 0) is 24.4 Å². The molecule has 1 fully saturated rings. The predicted octanol–water partition coefficient (Wildman–Crippen LogP) is 0.961. The summed E-state index contributed by atoms with van der Waals surface area (Å²) in [5.74, 6) is 0. The smallest absolute Gasteiger partial charge is 0.185 e. The topological polar surface area (TPSA) is 40.2 Å². The molecule has 2 N–H and O–H groups in total. The molecule has 1 aromatic heterocycles. The summed E-state index contributed by atoms with van der Waals surface area (Å²) >= 11 is 5.16. The van der Waals surface area contributed by atoms with E-state index in [1.807, 2.05) is 29.2 Å². The lowest BCUT2D eigenvalue weighted by Crippen LogP contribution is -2.30. The third-order valence-corrected chi connectivity index (χ3v) is 2.52. The molecular weight excluding hydrogens is 208 g/mol. The molecule has 15 heavy (non-hydrogen) atoms. The minimum atomic E-state index is -0.0169. The number of nitrogens with zero attached hydrogens (tertiary/aromatic N) is 2. The van der Waals surface area contributed by atoms with E-state index in [1.165, 1.54) is 0 Å². The Bertz CT molecular complexity index is 365. The molecule has 2 heterocycles. The van der Waals surface area contributed by atoms with Gasteiger partial charge in [-0.15, -0.1) is 6.58 Å². The normalized spacial score (nSPS) is 20.1. The monoisotopic (exact) mass is 220 g/mol. The van der Waals surface area contributed by atoms with Crippen molar-refractivity contribution in [3.8, 4) is 0 Å². The molecule has 1 aliphatic heterocycles. The second kappa shape index (κ2) is 4.37. The number of rotatable bonds is 3. The van der Waals surface area contributed by atoms with Gasteiger partial charge in [-0.2, -0.15) is 0 Å². The summed E-state index contributed by atoms with van der Waals surface area (Å²) in [6.07, 6.45) is 3.57. The quantitative estimate of drug-likeness (QED) is 0.586. The molecule has 5 heteroatoms. The molecule has 0 radical (unpaired) electrons. The van der Waals surface area contributed by atoms with Gasteiger partial charge in [0.05, 0.1) is 5.69 Å². The number of hydrazine groups is 1. The van der Waals surface area contributed by atoms with Crippen LogP contribution >= 0.6 is 12.2 Å². The highest BCUT2D eigenvalue weighted by molar-refractivity contribution is 7.80. The van der Waals surface area contributed by atoms with Crippen LogP contribution in [0.1, 0.15) is 11.9 Å². The first-order valence-electron chi connectivity index (χ1n) is 4.67. The van der Waals surface area contributed by atoms with Crippen molar-refractivity contribution in [2.75, 3.05) is 6.54 Å². The van der Waals surface area contributed by atoms with Crippen molar-refractivity contribution in [1.29, 1.82) is 0 Å². The molecule has 0 bridgehead atoms. The van der Waals surface area contributed by atoms with Crippen LogP contribution in [0.3, 0.4) is 0 Å². The maximum atomic E-state index is 5.16. The zero-order valence-corrected chi connectivity index (χ0v) is 9.00. The molecule has 1 aliphatic rings. The van der Waals surface area contributed by atoms with Gasteiger partial charge >= 0.3 is 0 Å². The average Bonchev–Trinajstić information content (AvgIpc) is 2.63. The lowest BCUT2D eigenvalue weighted by atomic mass is 10.3. The second-order valence-electron chi connectivity index (χ2n) is 3.17. The fourth-order valence-corrected chi connectivity index (χ4v) is 1.73. The first-order chi connectivity index (χ1) is 7.33. The molecule has 0 spiro atoms. The summed E-state index contributed by atoms with van der Waals surface area (Å²) in [5.41, 5.74) is 6.94. The van der Waals surface area contributed by atoms with Gasteiger partial charge in [0.1, 0.15) is 6.17 Å². The fourth-order valence-electron chi connectivity index (χ4n) is 1.50. The molecule has 0 aromatic carbocycles. The molecule has 0 aliphatic carbocycles. The van der Waals surface area contributed by atoms with E-state index >= 15 is 0 Å². The Balaban J connectivity index is 2.22. The lowest BCUT2D eigenvalue weighted by molar-refractivity contribution is 0.334. The molecule has 0 saturated carbocycles. The SMILES string of the molecule is C=CCN1C(=S)NN[C@H]1c1ccccn1. The van der Waals surface area contributed by atoms with Gasteiger partial charge < -0.3 is 4.90 Å². The molecular formula is C10H12N4S. The van der Waals surface area contributed by atoms with Crippen molar-refractivity contribution < 1.29 is 0 Å². The summed E-state index contributed by atoms with van der Waals surface area (Å²) in [6, 6.07) is 5.81.